The first-order valence-corrected chi connectivity index (χ1v) is 34.4. The fraction of sp³-hybridized carbons (Fsp3) is 0.347. The standard InChI is InChI=1S/C18H22F2N2O4.2C18H15S.C14H20F2O3.C7H6N4O/c1-16(19,20)14(23)25-10-17-5-12-4-13(6-17)8-18(7-12,9-17)26-15(24)22-3-2-21-11-22;2*1-4-10-16(11-5-1)19(17-12-6-2-7-13-17)18-14-8-3-9-15-18;1-12(15,16)11(17)19-8-13-3-9-2-10(4-13)6-14(18,5-9)7-13;12-7(10-3-1-8-5-10)11-4-2-9-6-11/h2-3,11-13H,4-10H2,1H3;2*1-15H;9-10,18H,2-8H2,1H3;1-6H/q;2*+1;;. The van der Waals surface area contributed by atoms with E-state index in [1.807, 2.05) is 0 Å². The van der Waals surface area contributed by atoms with Crippen LogP contribution in [0.1, 0.15) is 90.9 Å². The van der Waals surface area contributed by atoms with E-state index in [4.69, 9.17) is 14.2 Å². The van der Waals surface area contributed by atoms with Gasteiger partial charge in [-0.25, -0.2) is 38.7 Å². The van der Waals surface area contributed by atoms with Crippen LogP contribution >= 0.6 is 0 Å². The van der Waals surface area contributed by atoms with Gasteiger partial charge in [-0.05, 0) is 174 Å². The molecule has 494 valence electrons. The number of carbonyl (C=O) groups is 4. The molecule has 3 aromatic heterocycles. The van der Waals surface area contributed by atoms with Gasteiger partial charge in [-0.1, -0.05) is 109 Å². The Bertz CT molecular complexity index is 3540. The number of carbonyl (C=O) groups excluding carboxylic acids is 4. The molecule has 3 heterocycles. The maximum Gasteiger partial charge on any atom is 0.419 e. The van der Waals surface area contributed by atoms with Crippen LogP contribution in [0.3, 0.4) is 0 Å². The first-order chi connectivity index (χ1) is 45.7. The monoisotopic (exact) mass is 1330 g/mol. The molecule has 8 bridgehead atoms. The van der Waals surface area contributed by atoms with Crippen LogP contribution in [-0.4, -0.2) is 94.1 Å². The van der Waals surface area contributed by atoms with Crippen molar-refractivity contribution in [3.8, 4) is 0 Å². The van der Waals surface area contributed by atoms with E-state index in [1.165, 1.54) is 74.4 Å². The minimum Gasteiger partial charge on any atom is -0.461 e. The molecule has 8 aliphatic carbocycles. The van der Waals surface area contributed by atoms with E-state index in [9.17, 15) is 41.8 Å². The summed E-state index contributed by atoms with van der Waals surface area (Å²) in [7, 11) is -0.0293. The Morgan fingerprint density at radius 2 is 0.747 bits per heavy atom. The van der Waals surface area contributed by atoms with Crippen molar-refractivity contribution in [2.24, 2.45) is 34.5 Å². The zero-order valence-corrected chi connectivity index (χ0v) is 54.7. The molecule has 1 N–H and O–H groups in total. The highest BCUT2D eigenvalue weighted by molar-refractivity contribution is 7.97. The lowest BCUT2D eigenvalue weighted by atomic mass is 9.48. The molecule has 17 rings (SSSR count). The van der Waals surface area contributed by atoms with E-state index < -0.39 is 41.1 Å². The van der Waals surface area contributed by atoms with Gasteiger partial charge in [-0.2, -0.15) is 17.6 Å². The number of rotatable bonds is 13. The summed E-state index contributed by atoms with van der Waals surface area (Å²) in [5, 5.41) is 10.5. The van der Waals surface area contributed by atoms with Crippen molar-refractivity contribution in [1.29, 1.82) is 0 Å². The number of aromatic nitrogens is 6. The molecule has 0 spiro atoms. The van der Waals surface area contributed by atoms with Gasteiger partial charge in [-0.3, -0.25) is 9.13 Å². The van der Waals surface area contributed by atoms with E-state index in [1.54, 1.807) is 24.8 Å². The number of ether oxygens (including phenoxy) is 3. The number of halogens is 4. The molecular weight excluding hydrogens is 1250 g/mol. The van der Waals surface area contributed by atoms with Crippen LogP contribution < -0.4 is 0 Å². The van der Waals surface area contributed by atoms with Crippen LogP contribution in [0.15, 0.2) is 268 Å². The predicted octanol–water partition coefficient (Wildman–Crippen LogP) is 16.1. The highest BCUT2D eigenvalue weighted by Crippen LogP contribution is 2.64. The quantitative estimate of drug-likeness (QED) is 0.0504. The normalized spacial score (nSPS) is 24.1. The number of esters is 2. The van der Waals surface area contributed by atoms with Crippen molar-refractivity contribution in [2.45, 2.75) is 143 Å². The second-order valence-corrected chi connectivity index (χ2v) is 30.4. The third-order valence-electron chi connectivity index (χ3n) is 18.4. The summed E-state index contributed by atoms with van der Waals surface area (Å²) in [6.07, 6.45) is 23.1. The molecule has 20 heteroatoms. The highest BCUT2D eigenvalue weighted by Gasteiger charge is 2.61. The van der Waals surface area contributed by atoms with Crippen molar-refractivity contribution in [3.63, 3.8) is 0 Å². The molecule has 8 fully saturated rings. The highest BCUT2D eigenvalue weighted by atomic mass is 32.2. The molecule has 4 atom stereocenters. The SMILES string of the molecule is CC(F)(F)C(=O)OCC12CC3CC(C1)CC(OC(=O)n1ccnc1)(C3)C2.CC(F)(F)C(=O)OCC12CC3CC(CC(O)(C3)C1)C2.O=C(n1ccnc1)n1ccnc1.c1ccc([S+](c2ccccc2)c2ccccc2)cc1.c1ccc([S+](c2ccccc2)c2ccccc2)cc1. The fourth-order valence-electron chi connectivity index (χ4n) is 15.6. The molecule has 14 nitrogen and oxygen atoms in total. The number of imidazole rings is 3. The van der Waals surface area contributed by atoms with Gasteiger partial charge in [0.1, 0.15) is 24.6 Å². The first-order valence-electron chi connectivity index (χ1n) is 32.0. The lowest BCUT2D eigenvalue weighted by Crippen LogP contribution is -2.59. The summed E-state index contributed by atoms with van der Waals surface area (Å²) in [4.78, 5) is 66.1. The van der Waals surface area contributed by atoms with E-state index >= 15 is 0 Å². The van der Waals surface area contributed by atoms with Crippen LogP contribution in [0.5, 0.6) is 0 Å². The maximum atomic E-state index is 13.1. The summed E-state index contributed by atoms with van der Waals surface area (Å²) in [6, 6.07) is 64.1. The number of hydrogen-bond donors (Lipinski definition) is 1. The van der Waals surface area contributed by atoms with Gasteiger partial charge < -0.3 is 19.3 Å². The van der Waals surface area contributed by atoms with Crippen LogP contribution in [0, 0.1) is 34.5 Å². The van der Waals surface area contributed by atoms with Crippen LogP contribution in [0.2, 0.25) is 0 Å². The van der Waals surface area contributed by atoms with E-state index in [-0.39, 0.29) is 51.9 Å². The maximum absolute atomic E-state index is 13.1. The van der Waals surface area contributed by atoms with Crippen LogP contribution in [0.4, 0.5) is 27.2 Å². The average Bonchev–Trinajstić information content (AvgIpc) is 0.939. The van der Waals surface area contributed by atoms with E-state index in [2.05, 4.69) is 197 Å². The molecule has 0 radical (unpaired) electrons. The fourth-order valence-corrected chi connectivity index (χ4v) is 19.8. The van der Waals surface area contributed by atoms with Gasteiger partial charge in [0, 0.05) is 61.9 Å². The number of hydrogen-bond acceptors (Lipinski definition) is 11. The summed E-state index contributed by atoms with van der Waals surface area (Å²) < 4.78 is 71.6. The minimum atomic E-state index is -3.49. The molecule has 0 aliphatic heterocycles. The van der Waals surface area contributed by atoms with E-state index in [0.717, 1.165) is 64.2 Å². The van der Waals surface area contributed by atoms with Crippen LogP contribution in [-0.2, 0) is 45.6 Å². The largest absolute Gasteiger partial charge is 0.461 e. The van der Waals surface area contributed by atoms with Crippen molar-refractivity contribution in [3.05, 3.63) is 238 Å². The van der Waals surface area contributed by atoms with Crippen molar-refractivity contribution in [1.82, 2.24) is 28.7 Å². The number of aliphatic hydroxyl groups is 1. The molecule has 0 saturated heterocycles. The molecule has 95 heavy (non-hydrogen) atoms. The average molecular weight is 1330 g/mol. The topological polar surface area (TPSA) is 170 Å². The molecule has 9 aromatic rings. The lowest BCUT2D eigenvalue weighted by molar-refractivity contribution is -0.197. The smallest absolute Gasteiger partial charge is 0.419 e. The first kappa shape index (κ1) is 67.8. The molecule has 0 amide bonds. The van der Waals surface area contributed by atoms with Gasteiger partial charge >= 0.3 is 35.9 Å². The third-order valence-corrected chi connectivity index (χ3v) is 22.8. The van der Waals surface area contributed by atoms with Crippen molar-refractivity contribution < 1.29 is 56.1 Å². The van der Waals surface area contributed by atoms with E-state index in [0.29, 0.717) is 50.4 Å². The van der Waals surface area contributed by atoms with Crippen molar-refractivity contribution in [2.75, 3.05) is 13.2 Å². The molecular formula is C75H78F4N6O8S2+2. The Labute approximate surface area is 556 Å². The number of nitrogens with zero attached hydrogens (tertiary/aromatic N) is 6. The van der Waals surface area contributed by atoms with Crippen LogP contribution in [0.25, 0.3) is 0 Å². The summed E-state index contributed by atoms with van der Waals surface area (Å²) in [5.74, 6) is -8.19. The predicted molar refractivity (Wildman–Crippen MR) is 353 cm³/mol. The molecule has 8 saturated carbocycles. The lowest BCUT2D eigenvalue weighted by Gasteiger charge is -2.60. The van der Waals surface area contributed by atoms with Gasteiger partial charge in [-0.15, -0.1) is 0 Å². The second kappa shape index (κ2) is 29.6. The van der Waals surface area contributed by atoms with Gasteiger partial charge in [0.25, 0.3) is 0 Å². The Hall–Kier alpha value is -8.59. The summed E-state index contributed by atoms with van der Waals surface area (Å²) in [5.41, 5.74) is -1.89. The Kier molecular flexibility index (Phi) is 21.1. The van der Waals surface area contributed by atoms with Gasteiger partial charge in [0.05, 0.1) is 40.6 Å². The minimum absolute atomic E-state index is 0.0146. The number of alkyl halides is 4. The Morgan fingerprint density at radius 3 is 1.03 bits per heavy atom. The zero-order valence-electron chi connectivity index (χ0n) is 53.0. The Balaban J connectivity index is 0.000000123. The second-order valence-electron chi connectivity index (χ2n) is 26.3. The zero-order chi connectivity index (χ0) is 66.7. The molecule has 4 unspecified atom stereocenters. The third kappa shape index (κ3) is 17.3. The summed E-state index contributed by atoms with van der Waals surface area (Å²) in [6.45, 7) is 1.10. The Morgan fingerprint density at radius 1 is 0.453 bits per heavy atom. The van der Waals surface area contributed by atoms with Gasteiger partial charge in [0.15, 0.2) is 29.4 Å². The van der Waals surface area contributed by atoms with Crippen molar-refractivity contribution >= 4 is 45.9 Å². The van der Waals surface area contributed by atoms with Gasteiger partial charge in [0.2, 0.25) is 0 Å². The molecule has 8 aliphatic rings. The number of benzene rings is 6. The summed E-state index contributed by atoms with van der Waals surface area (Å²) >= 11 is 0. The molecule has 6 aromatic carbocycles.